The summed E-state index contributed by atoms with van der Waals surface area (Å²) in [6, 6.07) is 8.26. The number of hydrogen-bond donors (Lipinski definition) is 1. The number of hydrogen-bond acceptors (Lipinski definition) is 1. The van der Waals surface area contributed by atoms with Gasteiger partial charge in [0.25, 0.3) is 0 Å². The predicted octanol–water partition coefficient (Wildman–Crippen LogP) is 5.32. The summed E-state index contributed by atoms with van der Waals surface area (Å²) in [4.78, 5) is 0. The Hall–Kier alpha value is -0.530. The molecule has 2 heteroatoms. The van der Waals surface area contributed by atoms with Crippen molar-refractivity contribution in [1.82, 2.24) is 5.32 Å². The lowest BCUT2D eigenvalue weighted by Crippen LogP contribution is -2.23. The zero-order valence-electron chi connectivity index (χ0n) is 13.3. The summed E-state index contributed by atoms with van der Waals surface area (Å²) < 4.78 is 0. The molecule has 1 aromatic rings. The van der Waals surface area contributed by atoms with Crippen molar-refractivity contribution in [1.29, 1.82) is 0 Å². The molecular formula is C18H30ClN. The van der Waals surface area contributed by atoms with Crippen LogP contribution in [0.2, 0.25) is 5.02 Å². The van der Waals surface area contributed by atoms with Gasteiger partial charge in [0, 0.05) is 5.02 Å². The van der Waals surface area contributed by atoms with Crippen LogP contribution in [0, 0.1) is 11.8 Å². The molecule has 0 aliphatic carbocycles. The van der Waals surface area contributed by atoms with Crippen LogP contribution in [0.1, 0.15) is 51.5 Å². The van der Waals surface area contributed by atoms with Crippen LogP contribution in [0.3, 0.4) is 0 Å². The predicted molar refractivity (Wildman–Crippen MR) is 90.5 cm³/mol. The van der Waals surface area contributed by atoms with Crippen LogP contribution in [0.5, 0.6) is 0 Å². The Morgan fingerprint density at radius 1 is 1.15 bits per heavy atom. The highest BCUT2D eigenvalue weighted by molar-refractivity contribution is 6.31. The molecule has 0 aliphatic rings. The van der Waals surface area contributed by atoms with Crippen molar-refractivity contribution in [3.63, 3.8) is 0 Å². The molecule has 0 bridgehead atoms. The van der Waals surface area contributed by atoms with Crippen molar-refractivity contribution in [2.45, 2.75) is 52.4 Å². The average molecular weight is 296 g/mol. The topological polar surface area (TPSA) is 12.0 Å². The maximum Gasteiger partial charge on any atom is 0.0438 e. The Balaban J connectivity index is 2.61. The van der Waals surface area contributed by atoms with Crippen molar-refractivity contribution >= 4 is 11.6 Å². The van der Waals surface area contributed by atoms with E-state index in [4.69, 9.17) is 11.6 Å². The van der Waals surface area contributed by atoms with Gasteiger partial charge >= 0.3 is 0 Å². The lowest BCUT2D eigenvalue weighted by molar-refractivity contribution is 0.329. The lowest BCUT2D eigenvalue weighted by atomic mass is 9.85. The van der Waals surface area contributed by atoms with Crippen LogP contribution in [0.15, 0.2) is 24.3 Å². The van der Waals surface area contributed by atoms with Crippen molar-refractivity contribution in [2.75, 3.05) is 13.6 Å². The van der Waals surface area contributed by atoms with Crippen LogP contribution in [0.25, 0.3) is 0 Å². The van der Waals surface area contributed by atoms with Gasteiger partial charge in [-0.15, -0.1) is 0 Å². The highest BCUT2D eigenvalue weighted by Crippen LogP contribution is 2.26. The zero-order chi connectivity index (χ0) is 14.8. The second-order valence-electron chi connectivity index (χ2n) is 5.87. The van der Waals surface area contributed by atoms with Gasteiger partial charge in [-0.1, -0.05) is 69.3 Å². The van der Waals surface area contributed by atoms with Crippen molar-refractivity contribution in [3.05, 3.63) is 34.9 Å². The molecule has 0 saturated carbocycles. The molecule has 0 saturated heterocycles. The van der Waals surface area contributed by atoms with Crippen molar-refractivity contribution < 1.29 is 0 Å². The minimum atomic E-state index is 0.682. The van der Waals surface area contributed by atoms with E-state index in [0.29, 0.717) is 5.92 Å². The van der Waals surface area contributed by atoms with Gasteiger partial charge in [-0.25, -0.2) is 0 Å². The van der Waals surface area contributed by atoms with Crippen LogP contribution in [-0.4, -0.2) is 13.6 Å². The van der Waals surface area contributed by atoms with E-state index in [9.17, 15) is 0 Å². The average Bonchev–Trinajstić information content (AvgIpc) is 2.46. The summed E-state index contributed by atoms with van der Waals surface area (Å²) in [5.74, 6) is 1.54. The normalized spacial score (nSPS) is 14.2. The number of rotatable bonds is 10. The van der Waals surface area contributed by atoms with Crippen LogP contribution >= 0.6 is 11.6 Å². The summed E-state index contributed by atoms with van der Waals surface area (Å²) in [6.45, 7) is 5.68. The molecule has 0 fully saturated rings. The number of unbranched alkanes of at least 4 members (excludes halogenated alkanes) is 1. The van der Waals surface area contributed by atoms with E-state index in [2.05, 4.69) is 31.3 Å². The quantitative estimate of drug-likeness (QED) is 0.615. The maximum absolute atomic E-state index is 6.30. The van der Waals surface area contributed by atoms with E-state index in [0.717, 1.165) is 23.9 Å². The first-order valence-electron chi connectivity index (χ1n) is 8.09. The van der Waals surface area contributed by atoms with Gasteiger partial charge in [-0.3, -0.25) is 0 Å². The van der Waals surface area contributed by atoms with E-state index in [1.54, 1.807) is 0 Å². The van der Waals surface area contributed by atoms with Crippen molar-refractivity contribution in [3.8, 4) is 0 Å². The van der Waals surface area contributed by atoms with Gasteiger partial charge in [0.2, 0.25) is 0 Å². The van der Waals surface area contributed by atoms with E-state index >= 15 is 0 Å². The molecule has 0 heterocycles. The van der Waals surface area contributed by atoms with Gasteiger partial charge in [0.15, 0.2) is 0 Å². The molecule has 0 aromatic heterocycles. The Morgan fingerprint density at radius 3 is 2.50 bits per heavy atom. The second kappa shape index (κ2) is 10.2. The largest absolute Gasteiger partial charge is 0.319 e. The minimum absolute atomic E-state index is 0.682. The zero-order valence-corrected chi connectivity index (χ0v) is 14.0. The highest BCUT2D eigenvalue weighted by Gasteiger charge is 2.16. The molecule has 0 radical (unpaired) electrons. The molecule has 2 unspecified atom stereocenters. The third-order valence-corrected chi connectivity index (χ3v) is 4.54. The van der Waals surface area contributed by atoms with E-state index in [-0.39, 0.29) is 0 Å². The van der Waals surface area contributed by atoms with E-state index < -0.39 is 0 Å². The molecular weight excluding hydrogens is 266 g/mol. The van der Waals surface area contributed by atoms with Crippen LogP contribution in [-0.2, 0) is 6.42 Å². The molecule has 1 nitrogen and oxygen atoms in total. The van der Waals surface area contributed by atoms with Gasteiger partial charge < -0.3 is 5.32 Å². The molecule has 1 N–H and O–H groups in total. The third kappa shape index (κ3) is 6.28. The first-order chi connectivity index (χ1) is 9.71. The van der Waals surface area contributed by atoms with Crippen LogP contribution in [0.4, 0.5) is 0 Å². The Morgan fingerprint density at radius 2 is 1.90 bits per heavy atom. The fourth-order valence-corrected chi connectivity index (χ4v) is 3.17. The third-order valence-electron chi connectivity index (χ3n) is 4.17. The fraction of sp³-hybridized carbons (Fsp3) is 0.667. The number of halogens is 1. The molecule has 1 aromatic carbocycles. The molecule has 20 heavy (non-hydrogen) atoms. The lowest BCUT2D eigenvalue weighted by Gasteiger charge is -2.23. The molecule has 114 valence electrons. The van der Waals surface area contributed by atoms with E-state index in [1.807, 2.05) is 19.2 Å². The first kappa shape index (κ1) is 17.5. The number of nitrogens with one attached hydrogen (secondary N) is 1. The Labute approximate surface area is 130 Å². The summed E-state index contributed by atoms with van der Waals surface area (Å²) in [7, 11) is 2.05. The standard InChI is InChI=1S/C18H30ClN/c1-4-6-9-15(5-2)12-16(14-20-3)13-17-10-7-8-11-18(17)19/h7-8,10-11,15-16,20H,4-6,9,12-14H2,1-3H3. The Bertz CT molecular complexity index is 364. The van der Waals surface area contributed by atoms with Gasteiger partial charge in [-0.2, -0.15) is 0 Å². The maximum atomic E-state index is 6.30. The van der Waals surface area contributed by atoms with Crippen LogP contribution < -0.4 is 5.32 Å². The van der Waals surface area contributed by atoms with Gasteiger partial charge in [-0.05, 0) is 49.9 Å². The Kier molecular flexibility index (Phi) is 8.97. The smallest absolute Gasteiger partial charge is 0.0438 e. The summed E-state index contributed by atoms with van der Waals surface area (Å²) in [5.41, 5.74) is 1.29. The molecule has 2 atom stereocenters. The summed E-state index contributed by atoms with van der Waals surface area (Å²) in [5, 5.41) is 4.26. The summed E-state index contributed by atoms with van der Waals surface area (Å²) >= 11 is 6.30. The first-order valence-corrected chi connectivity index (χ1v) is 8.47. The monoisotopic (exact) mass is 295 g/mol. The molecule has 0 aliphatic heterocycles. The molecule has 1 rings (SSSR count). The highest BCUT2D eigenvalue weighted by atomic mass is 35.5. The van der Waals surface area contributed by atoms with Crippen molar-refractivity contribution in [2.24, 2.45) is 11.8 Å². The molecule has 0 amide bonds. The second-order valence-corrected chi connectivity index (χ2v) is 6.28. The van der Waals surface area contributed by atoms with Gasteiger partial charge in [0.05, 0.1) is 0 Å². The fourth-order valence-electron chi connectivity index (χ4n) is 2.96. The SMILES string of the molecule is CCCCC(CC)CC(CNC)Cc1ccccc1Cl. The van der Waals surface area contributed by atoms with Gasteiger partial charge in [0.1, 0.15) is 0 Å². The molecule has 0 spiro atoms. The van der Waals surface area contributed by atoms with E-state index in [1.165, 1.54) is 37.7 Å². The minimum Gasteiger partial charge on any atom is -0.319 e. The number of benzene rings is 1. The summed E-state index contributed by atoms with van der Waals surface area (Å²) in [6.07, 6.45) is 7.72.